The van der Waals surface area contributed by atoms with E-state index in [-0.39, 0.29) is 11.5 Å². The lowest BCUT2D eigenvalue weighted by Crippen LogP contribution is -2.38. The smallest absolute Gasteiger partial charge is 0.133 e. The zero-order chi connectivity index (χ0) is 14.3. The Morgan fingerprint density at radius 2 is 1.89 bits per heavy atom. The number of carbonyl (C=O) groups excluding carboxylic acids is 1. The molecule has 0 radical (unpaired) electrons. The van der Waals surface area contributed by atoms with Crippen molar-refractivity contribution in [2.75, 3.05) is 0 Å². The third kappa shape index (κ3) is 4.64. The zero-order valence-electron chi connectivity index (χ0n) is 12.0. The van der Waals surface area contributed by atoms with Crippen LogP contribution in [0.4, 0.5) is 0 Å². The molecule has 0 aromatic heterocycles. The number of ether oxygens (including phenoxy) is 1. The van der Waals surface area contributed by atoms with Crippen molar-refractivity contribution in [3.05, 3.63) is 49.1 Å². The van der Waals surface area contributed by atoms with E-state index in [0.29, 0.717) is 25.2 Å². The molecule has 0 amide bonds. The van der Waals surface area contributed by atoms with Gasteiger partial charge in [-0.2, -0.15) is 0 Å². The predicted octanol–water partition coefficient (Wildman–Crippen LogP) is 4.15. The molecule has 1 aromatic carbocycles. The molecule has 2 rings (SSSR count). The molecule has 1 aliphatic carbocycles. The number of ketones is 1. The van der Waals surface area contributed by atoms with Crippen molar-refractivity contribution in [3.63, 3.8) is 0 Å². The predicted molar refractivity (Wildman–Crippen MR) is 78.9 cm³/mol. The molecular formula is C17H24O2. The SMILES string of the molecule is C=C.CC1(C)CC(=O)CCC1OCc1ccccc1. The van der Waals surface area contributed by atoms with Crippen LogP contribution in [0.1, 0.15) is 38.7 Å². The summed E-state index contributed by atoms with van der Waals surface area (Å²) in [6.45, 7) is 10.9. The van der Waals surface area contributed by atoms with Crippen LogP contribution in [0.5, 0.6) is 0 Å². The fraction of sp³-hybridized carbons (Fsp3) is 0.471. The van der Waals surface area contributed by atoms with Crippen molar-refractivity contribution in [1.29, 1.82) is 0 Å². The van der Waals surface area contributed by atoms with E-state index in [9.17, 15) is 4.79 Å². The largest absolute Gasteiger partial charge is 0.373 e. The Labute approximate surface area is 116 Å². The second-order valence-electron chi connectivity index (χ2n) is 5.53. The minimum Gasteiger partial charge on any atom is -0.373 e. The molecule has 2 heteroatoms. The lowest BCUT2D eigenvalue weighted by molar-refractivity contribution is -0.132. The lowest BCUT2D eigenvalue weighted by atomic mass is 9.74. The summed E-state index contributed by atoms with van der Waals surface area (Å²) in [7, 11) is 0. The summed E-state index contributed by atoms with van der Waals surface area (Å²) < 4.78 is 5.98. The Bertz CT molecular complexity index is 395. The Hall–Kier alpha value is -1.41. The molecular weight excluding hydrogens is 236 g/mol. The van der Waals surface area contributed by atoms with E-state index in [1.165, 1.54) is 5.56 Å². The monoisotopic (exact) mass is 260 g/mol. The Morgan fingerprint density at radius 3 is 2.47 bits per heavy atom. The average molecular weight is 260 g/mol. The third-order valence-electron chi connectivity index (χ3n) is 3.50. The molecule has 1 atom stereocenters. The topological polar surface area (TPSA) is 26.3 Å². The number of hydrogen-bond acceptors (Lipinski definition) is 2. The van der Waals surface area contributed by atoms with Crippen LogP contribution in [-0.2, 0) is 16.1 Å². The summed E-state index contributed by atoms with van der Waals surface area (Å²) in [4.78, 5) is 11.4. The van der Waals surface area contributed by atoms with Crippen LogP contribution in [-0.4, -0.2) is 11.9 Å². The van der Waals surface area contributed by atoms with Gasteiger partial charge in [0.25, 0.3) is 0 Å². The molecule has 0 aliphatic heterocycles. The second-order valence-corrected chi connectivity index (χ2v) is 5.53. The molecule has 0 heterocycles. The van der Waals surface area contributed by atoms with Crippen LogP contribution in [0.15, 0.2) is 43.5 Å². The Kier molecular flexibility index (Phi) is 5.97. The van der Waals surface area contributed by atoms with Crippen LogP contribution in [0.3, 0.4) is 0 Å². The van der Waals surface area contributed by atoms with Crippen molar-refractivity contribution in [2.45, 2.75) is 45.8 Å². The van der Waals surface area contributed by atoms with Gasteiger partial charge in [-0.1, -0.05) is 44.2 Å². The van der Waals surface area contributed by atoms with E-state index in [2.05, 4.69) is 39.1 Å². The van der Waals surface area contributed by atoms with Gasteiger partial charge in [0, 0.05) is 12.8 Å². The van der Waals surface area contributed by atoms with Crippen molar-refractivity contribution < 1.29 is 9.53 Å². The highest BCUT2D eigenvalue weighted by molar-refractivity contribution is 5.80. The average Bonchev–Trinajstić information content (AvgIpc) is 2.40. The summed E-state index contributed by atoms with van der Waals surface area (Å²) in [5, 5.41) is 0. The molecule has 104 valence electrons. The van der Waals surface area contributed by atoms with Gasteiger partial charge in [0.05, 0.1) is 12.7 Å². The molecule has 19 heavy (non-hydrogen) atoms. The number of benzene rings is 1. The summed E-state index contributed by atoms with van der Waals surface area (Å²) >= 11 is 0. The molecule has 1 saturated carbocycles. The van der Waals surface area contributed by atoms with E-state index in [1.807, 2.05) is 18.2 Å². The van der Waals surface area contributed by atoms with E-state index in [4.69, 9.17) is 4.74 Å². The van der Waals surface area contributed by atoms with Gasteiger partial charge >= 0.3 is 0 Å². The first-order valence-electron chi connectivity index (χ1n) is 6.75. The van der Waals surface area contributed by atoms with Crippen molar-refractivity contribution in [1.82, 2.24) is 0 Å². The van der Waals surface area contributed by atoms with Gasteiger partial charge in [-0.25, -0.2) is 0 Å². The van der Waals surface area contributed by atoms with E-state index >= 15 is 0 Å². The first-order chi connectivity index (χ1) is 9.08. The maximum atomic E-state index is 11.4. The fourth-order valence-electron chi connectivity index (χ4n) is 2.47. The van der Waals surface area contributed by atoms with Gasteiger partial charge in [0.1, 0.15) is 5.78 Å². The number of Topliss-reactive ketones (excluding diaryl/α,β-unsaturated/α-hetero) is 1. The van der Waals surface area contributed by atoms with Gasteiger partial charge in [-0.3, -0.25) is 4.79 Å². The Morgan fingerprint density at radius 1 is 1.26 bits per heavy atom. The highest BCUT2D eigenvalue weighted by atomic mass is 16.5. The molecule has 1 unspecified atom stereocenters. The number of rotatable bonds is 3. The summed E-state index contributed by atoms with van der Waals surface area (Å²) in [6, 6.07) is 10.2. The summed E-state index contributed by atoms with van der Waals surface area (Å²) in [5.41, 5.74) is 1.17. The first-order valence-corrected chi connectivity index (χ1v) is 6.75. The molecule has 0 saturated heterocycles. The molecule has 0 N–H and O–H groups in total. The van der Waals surface area contributed by atoms with Gasteiger partial charge in [0.2, 0.25) is 0 Å². The maximum absolute atomic E-state index is 11.4. The van der Waals surface area contributed by atoms with Crippen LogP contribution in [0, 0.1) is 5.41 Å². The minimum absolute atomic E-state index is 0.0237. The normalized spacial score (nSPS) is 21.4. The lowest BCUT2D eigenvalue weighted by Gasteiger charge is -2.37. The zero-order valence-corrected chi connectivity index (χ0v) is 12.0. The Balaban J connectivity index is 0.000000861. The minimum atomic E-state index is -0.0237. The molecule has 0 bridgehead atoms. The standard InChI is InChI=1S/C15H20O2.C2H4/c1-15(2)10-13(16)8-9-14(15)17-11-12-6-4-3-5-7-12;1-2/h3-7,14H,8-11H2,1-2H3;1-2H2. The van der Waals surface area contributed by atoms with Crippen LogP contribution >= 0.6 is 0 Å². The van der Waals surface area contributed by atoms with Crippen molar-refractivity contribution in [3.8, 4) is 0 Å². The number of carbonyl (C=O) groups is 1. The van der Waals surface area contributed by atoms with Crippen molar-refractivity contribution in [2.24, 2.45) is 5.41 Å². The highest BCUT2D eigenvalue weighted by Gasteiger charge is 2.36. The summed E-state index contributed by atoms with van der Waals surface area (Å²) in [6.07, 6.45) is 2.37. The fourth-order valence-corrected chi connectivity index (χ4v) is 2.47. The quantitative estimate of drug-likeness (QED) is 0.763. The summed E-state index contributed by atoms with van der Waals surface area (Å²) in [5.74, 6) is 0.370. The number of hydrogen-bond donors (Lipinski definition) is 0. The van der Waals surface area contributed by atoms with Gasteiger partial charge in [-0.05, 0) is 17.4 Å². The van der Waals surface area contributed by atoms with E-state index in [0.717, 1.165) is 6.42 Å². The van der Waals surface area contributed by atoms with Crippen LogP contribution < -0.4 is 0 Å². The van der Waals surface area contributed by atoms with Crippen molar-refractivity contribution >= 4 is 5.78 Å². The van der Waals surface area contributed by atoms with E-state index < -0.39 is 0 Å². The molecule has 0 spiro atoms. The molecule has 1 aliphatic rings. The van der Waals surface area contributed by atoms with Gasteiger partial charge < -0.3 is 4.74 Å². The highest BCUT2D eigenvalue weighted by Crippen LogP contribution is 2.36. The van der Waals surface area contributed by atoms with E-state index in [1.54, 1.807) is 0 Å². The van der Waals surface area contributed by atoms with Gasteiger partial charge in [-0.15, -0.1) is 13.2 Å². The molecule has 1 fully saturated rings. The molecule has 2 nitrogen and oxygen atoms in total. The third-order valence-corrected chi connectivity index (χ3v) is 3.50. The van der Waals surface area contributed by atoms with Crippen LogP contribution in [0.2, 0.25) is 0 Å². The second kappa shape index (κ2) is 7.25. The maximum Gasteiger partial charge on any atom is 0.133 e. The van der Waals surface area contributed by atoms with Gasteiger partial charge in [0.15, 0.2) is 0 Å². The molecule has 1 aromatic rings. The van der Waals surface area contributed by atoms with Crippen LogP contribution in [0.25, 0.3) is 0 Å². The first kappa shape index (κ1) is 15.6.